The van der Waals surface area contributed by atoms with Crippen molar-refractivity contribution < 1.29 is 4.79 Å². The molecule has 12 nitrogen and oxygen atoms in total. The summed E-state index contributed by atoms with van der Waals surface area (Å²) < 4.78 is 2.29. The van der Waals surface area contributed by atoms with Crippen molar-refractivity contribution in [2.24, 2.45) is 0 Å². The van der Waals surface area contributed by atoms with Gasteiger partial charge in [0.05, 0.1) is 16.4 Å². The van der Waals surface area contributed by atoms with Gasteiger partial charge in [-0.05, 0) is 41.6 Å². The predicted molar refractivity (Wildman–Crippen MR) is 122 cm³/mol. The summed E-state index contributed by atoms with van der Waals surface area (Å²) >= 11 is 3.64. The molecule has 0 spiro atoms. The Morgan fingerprint density at radius 2 is 1.94 bits per heavy atom. The molecule has 3 N–H and O–H groups in total. The predicted octanol–water partition coefficient (Wildman–Crippen LogP) is 2.07. The number of halogens is 1. The zero-order valence-electron chi connectivity index (χ0n) is 17.8. The third-order valence-corrected chi connectivity index (χ3v) is 7.50. The summed E-state index contributed by atoms with van der Waals surface area (Å²) in [5.41, 5.74) is 9.31. The van der Waals surface area contributed by atoms with Gasteiger partial charge in [0.25, 0.3) is 5.91 Å². The van der Waals surface area contributed by atoms with Crippen molar-refractivity contribution in [2.75, 3.05) is 5.73 Å². The second-order valence-corrected chi connectivity index (χ2v) is 9.29. The lowest BCUT2D eigenvalue weighted by molar-refractivity contribution is 0.0557. The number of nitrogens with one attached hydrogen (secondary N) is 1. The van der Waals surface area contributed by atoms with Crippen LogP contribution in [-0.4, -0.2) is 62.6 Å². The van der Waals surface area contributed by atoms with Crippen LogP contribution in [0.1, 0.15) is 53.7 Å². The van der Waals surface area contributed by atoms with E-state index in [0.29, 0.717) is 21.5 Å². The number of fused-ring (bicyclic) bond motifs is 3. The highest BCUT2D eigenvalue weighted by Crippen LogP contribution is 2.45. The van der Waals surface area contributed by atoms with Gasteiger partial charge < -0.3 is 15.6 Å². The summed E-state index contributed by atoms with van der Waals surface area (Å²) in [6, 6.07) is 2.12. The zero-order chi connectivity index (χ0) is 23.4. The highest BCUT2D eigenvalue weighted by molar-refractivity contribution is 9.10. The first-order chi connectivity index (χ1) is 16.5. The molecule has 2 bridgehead atoms. The van der Waals surface area contributed by atoms with Gasteiger partial charge >= 0.3 is 0 Å². The molecule has 2 fully saturated rings. The lowest BCUT2D eigenvalue weighted by Crippen LogP contribution is -2.46. The quantitative estimate of drug-likeness (QED) is 0.411. The highest BCUT2D eigenvalue weighted by Gasteiger charge is 2.45. The van der Waals surface area contributed by atoms with Gasteiger partial charge in [0, 0.05) is 41.5 Å². The molecule has 0 unspecified atom stereocenters. The number of nitrogens with two attached hydrogens (primary N) is 1. The van der Waals surface area contributed by atoms with Gasteiger partial charge in [0.15, 0.2) is 5.65 Å². The minimum atomic E-state index is -0.107. The van der Waals surface area contributed by atoms with Gasteiger partial charge in [-0.2, -0.15) is 14.9 Å². The molecule has 3 atom stereocenters. The molecule has 0 aromatic carbocycles. The number of nitrogen functional groups attached to an aromatic ring is 1. The van der Waals surface area contributed by atoms with Crippen LogP contribution in [0, 0.1) is 11.3 Å². The average Bonchev–Trinajstić information content (AvgIpc) is 3.59. The minimum Gasteiger partial charge on any atom is -0.383 e. The van der Waals surface area contributed by atoms with Crippen molar-refractivity contribution in [1.82, 2.24) is 44.6 Å². The van der Waals surface area contributed by atoms with Crippen molar-refractivity contribution in [2.45, 2.75) is 43.7 Å². The van der Waals surface area contributed by atoms with Crippen molar-refractivity contribution in [3.8, 4) is 17.2 Å². The molecule has 6 heterocycles. The third kappa shape index (κ3) is 3.13. The number of rotatable bonds is 3. The van der Waals surface area contributed by atoms with Crippen LogP contribution in [0.15, 0.2) is 29.4 Å². The number of H-pyrrole nitrogens is 1. The van der Waals surface area contributed by atoms with Crippen molar-refractivity contribution in [1.29, 1.82) is 5.26 Å². The van der Waals surface area contributed by atoms with E-state index in [9.17, 15) is 4.79 Å². The maximum atomic E-state index is 13.0. The van der Waals surface area contributed by atoms with Gasteiger partial charge in [-0.25, -0.2) is 15.0 Å². The van der Waals surface area contributed by atoms with Gasteiger partial charge in [-0.15, -0.1) is 10.2 Å². The lowest BCUT2D eigenvalue weighted by Gasteiger charge is -2.38. The summed E-state index contributed by atoms with van der Waals surface area (Å²) in [6.07, 6.45) is 9.69. The Hall–Kier alpha value is -3.92. The zero-order valence-corrected chi connectivity index (χ0v) is 19.3. The Morgan fingerprint density at radius 1 is 1.21 bits per heavy atom. The highest BCUT2D eigenvalue weighted by atomic mass is 79.9. The number of nitriles is 1. The first kappa shape index (κ1) is 20.7. The number of amides is 1. The fraction of sp³-hybridized carbons (Fsp3) is 0.333. The molecular weight excluding hydrogens is 502 g/mol. The van der Waals surface area contributed by atoms with Crippen LogP contribution in [0.25, 0.3) is 16.8 Å². The van der Waals surface area contributed by atoms with E-state index < -0.39 is 0 Å². The number of carbonyl (C=O) groups excluding carboxylic acids is 1. The maximum absolute atomic E-state index is 13.0. The van der Waals surface area contributed by atoms with Crippen LogP contribution in [0.4, 0.5) is 5.82 Å². The van der Waals surface area contributed by atoms with E-state index in [1.54, 1.807) is 23.1 Å². The monoisotopic (exact) mass is 519 g/mol. The van der Waals surface area contributed by atoms with E-state index in [4.69, 9.17) is 16.0 Å². The standard InChI is InChI=1S/C21H18BrN11O/c22-16-17(10-3-12-1-2-13(4-10)32(12)21(34)19-27-9-28-31-19)30-20-14(8-29-33(20)18(16)24)11-6-25-15(5-23)26-7-11/h6-10,12-13H,1-4,24H2,(H,27,28,31)/t10-,12-,13+. The molecule has 2 aliphatic rings. The molecule has 13 heteroatoms. The molecule has 1 amide bonds. The molecule has 2 saturated heterocycles. The number of carbonyl (C=O) groups is 1. The van der Waals surface area contributed by atoms with Gasteiger partial charge in [0.2, 0.25) is 11.6 Å². The summed E-state index contributed by atoms with van der Waals surface area (Å²) in [4.78, 5) is 30.8. The van der Waals surface area contributed by atoms with Gasteiger partial charge in [-0.3, -0.25) is 4.79 Å². The van der Waals surface area contributed by atoms with Crippen LogP contribution in [0.2, 0.25) is 0 Å². The van der Waals surface area contributed by atoms with Crippen LogP contribution >= 0.6 is 15.9 Å². The first-order valence-corrected chi connectivity index (χ1v) is 11.6. The van der Waals surface area contributed by atoms with Crippen molar-refractivity contribution >= 4 is 33.3 Å². The SMILES string of the molecule is N#Cc1ncc(-c2cnn3c(N)c(Br)c([C@@H]4C[C@H]5CC[C@@H](C4)N5C(=O)c4nnc[nH]4)nc23)cn1. The Morgan fingerprint density at radius 3 is 2.59 bits per heavy atom. The first-order valence-electron chi connectivity index (χ1n) is 10.8. The van der Waals surface area contributed by atoms with Gasteiger partial charge in [-0.1, -0.05) is 0 Å². The van der Waals surface area contributed by atoms with Gasteiger partial charge in [0.1, 0.15) is 18.2 Å². The number of aromatic amines is 1. The molecule has 0 aliphatic carbocycles. The summed E-state index contributed by atoms with van der Waals surface area (Å²) in [5.74, 6) is 0.836. The number of aromatic nitrogens is 8. The Bertz CT molecular complexity index is 1430. The average molecular weight is 520 g/mol. The van der Waals surface area contributed by atoms with E-state index in [-0.39, 0.29) is 35.6 Å². The fourth-order valence-electron chi connectivity index (χ4n) is 5.18. The van der Waals surface area contributed by atoms with Crippen LogP contribution in [0.5, 0.6) is 0 Å². The molecule has 4 aromatic heterocycles. The van der Waals surface area contributed by atoms with E-state index >= 15 is 0 Å². The summed E-state index contributed by atoms with van der Waals surface area (Å²) in [5, 5.41) is 21.0. The molecule has 0 radical (unpaired) electrons. The lowest BCUT2D eigenvalue weighted by atomic mass is 9.87. The smallest absolute Gasteiger partial charge is 0.292 e. The number of hydrogen-bond acceptors (Lipinski definition) is 9. The second-order valence-electron chi connectivity index (χ2n) is 8.50. The molecule has 6 rings (SSSR count). The van der Waals surface area contributed by atoms with Crippen LogP contribution in [0.3, 0.4) is 0 Å². The molecule has 34 heavy (non-hydrogen) atoms. The molecule has 2 aliphatic heterocycles. The van der Waals surface area contributed by atoms with E-state index in [0.717, 1.165) is 36.9 Å². The van der Waals surface area contributed by atoms with Crippen molar-refractivity contribution in [3.05, 3.63) is 46.7 Å². The molecule has 170 valence electrons. The maximum Gasteiger partial charge on any atom is 0.292 e. The van der Waals surface area contributed by atoms with E-state index in [2.05, 4.69) is 46.2 Å². The Labute approximate surface area is 201 Å². The molecule has 4 aromatic rings. The van der Waals surface area contributed by atoms with Crippen LogP contribution in [-0.2, 0) is 0 Å². The number of hydrogen-bond donors (Lipinski definition) is 2. The Kier molecular flexibility index (Phi) is 4.77. The third-order valence-electron chi connectivity index (χ3n) is 6.68. The van der Waals surface area contributed by atoms with E-state index in [1.165, 1.54) is 6.33 Å². The summed E-state index contributed by atoms with van der Waals surface area (Å²) in [7, 11) is 0. The topological polar surface area (TPSA) is 168 Å². The fourth-order valence-corrected chi connectivity index (χ4v) is 5.76. The van der Waals surface area contributed by atoms with E-state index in [1.807, 2.05) is 11.0 Å². The van der Waals surface area contributed by atoms with Crippen molar-refractivity contribution in [3.63, 3.8) is 0 Å². The molecule has 0 saturated carbocycles. The van der Waals surface area contributed by atoms with Crippen LogP contribution < -0.4 is 5.73 Å². The second kappa shape index (κ2) is 7.84. The minimum absolute atomic E-state index is 0.0956. The Balaban J connectivity index is 1.36. The number of piperidine rings is 1. The number of anilines is 1. The number of nitrogens with zero attached hydrogens (tertiary/aromatic N) is 9. The summed E-state index contributed by atoms with van der Waals surface area (Å²) in [6.45, 7) is 0. The normalized spacial score (nSPS) is 21.6. The molecular formula is C21H18BrN11O. The largest absolute Gasteiger partial charge is 0.383 e.